The molecule has 0 aliphatic carbocycles. The summed E-state index contributed by atoms with van der Waals surface area (Å²) in [6, 6.07) is 9.86. The molecule has 20 heavy (non-hydrogen) atoms. The van der Waals surface area contributed by atoms with Crippen molar-refractivity contribution in [2.24, 2.45) is 5.73 Å². The van der Waals surface area contributed by atoms with E-state index in [-0.39, 0.29) is 5.41 Å². The molecule has 0 bridgehead atoms. The Kier molecular flexibility index (Phi) is 6.22. The van der Waals surface area contributed by atoms with Crippen LogP contribution in [0.25, 0.3) is 0 Å². The third-order valence-corrected chi connectivity index (χ3v) is 4.28. The predicted octanol–water partition coefficient (Wildman–Crippen LogP) is 4.10. The van der Waals surface area contributed by atoms with E-state index in [9.17, 15) is 0 Å². The van der Waals surface area contributed by atoms with Crippen LogP contribution in [0.2, 0.25) is 0 Å². The molecule has 0 aliphatic heterocycles. The molecule has 0 heterocycles. The largest absolute Gasteiger partial charge is 0.329 e. The average Bonchev–Trinajstić information content (AvgIpc) is 2.39. The molecule has 114 valence electrons. The molecule has 0 fully saturated rings. The topological polar surface area (TPSA) is 29.3 Å². The molecule has 1 aromatic rings. The molecule has 0 saturated carbocycles. The summed E-state index contributed by atoms with van der Waals surface area (Å²) in [5.41, 5.74) is 8.93. The highest BCUT2D eigenvalue weighted by Gasteiger charge is 2.20. The maximum atomic E-state index is 6.02. The fraction of sp³-hybridized carbons (Fsp3) is 0.667. The second-order valence-electron chi connectivity index (χ2n) is 6.93. The van der Waals surface area contributed by atoms with Gasteiger partial charge in [-0.05, 0) is 36.9 Å². The highest BCUT2D eigenvalue weighted by atomic mass is 15.2. The van der Waals surface area contributed by atoms with Crippen LogP contribution in [0, 0.1) is 0 Å². The summed E-state index contributed by atoms with van der Waals surface area (Å²) < 4.78 is 0. The van der Waals surface area contributed by atoms with Crippen LogP contribution >= 0.6 is 0 Å². The molecule has 2 heteroatoms. The Morgan fingerprint density at radius 3 is 2.10 bits per heavy atom. The minimum absolute atomic E-state index is 0.206. The number of nitrogens with zero attached hydrogens (tertiary/aromatic N) is 1. The number of hydrogen-bond acceptors (Lipinski definition) is 2. The number of likely N-dealkylation sites (N-methyl/N-ethyl adjacent to an activating group) is 1. The maximum absolute atomic E-state index is 6.02. The van der Waals surface area contributed by atoms with Crippen molar-refractivity contribution in [3.63, 3.8) is 0 Å². The zero-order valence-corrected chi connectivity index (χ0v) is 14.1. The first-order chi connectivity index (χ1) is 9.31. The van der Waals surface area contributed by atoms with E-state index >= 15 is 0 Å². The van der Waals surface area contributed by atoms with Crippen LogP contribution in [0.4, 0.5) is 0 Å². The molecule has 0 aliphatic rings. The van der Waals surface area contributed by atoms with Crippen molar-refractivity contribution in [2.45, 2.75) is 65.0 Å². The van der Waals surface area contributed by atoms with E-state index in [0.29, 0.717) is 18.6 Å². The Labute approximate surface area is 125 Å². The van der Waals surface area contributed by atoms with Gasteiger partial charge in [0.05, 0.1) is 0 Å². The first kappa shape index (κ1) is 17.2. The van der Waals surface area contributed by atoms with Crippen molar-refractivity contribution in [3.05, 3.63) is 35.4 Å². The summed E-state index contributed by atoms with van der Waals surface area (Å²) in [6.45, 7) is 11.9. The number of nitrogens with two attached hydrogens (primary N) is 1. The van der Waals surface area contributed by atoms with Gasteiger partial charge in [-0.3, -0.25) is 4.90 Å². The Morgan fingerprint density at radius 2 is 1.70 bits per heavy atom. The number of rotatable bonds is 6. The van der Waals surface area contributed by atoms with Crippen molar-refractivity contribution in [2.75, 3.05) is 13.6 Å². The van der Waals surface area contributed by atoms with Gasteiger partial charge in [-0.25, -0.2) is 0 Å². The van der Waals surface area contributed by atoms with Crippen molar-refractivity contribution < 1.29 is 0 Å². The van der Waals surface area contributed by atoms with E-state index in [1.807, 2.05) is 0 Å². The second kappa shape index (κ2) is 7.24. The van der Waals surface area contributed by atoms with Crippen molar-refractivity contribution in [1.29, 1.82) is 0 Å². The van der Waals surface area contributed by atoms with Gasteiger partial charge in [-0.15, -0.1) is 0 Å². The molecule has 0 amide bonds. The average molecular weight is 276 g/mol. The van der Waals surface area contributed by atoms with E-state index in [0.717, 1.165) is 0 Å². The zero-order valence-electron chi connectivity index (χ0n) is 14.1. The third kappa shape index (κ3) is 4.32. The molecule has 2 atom stereocenters. The van der Waals surface area contributed by atoms with Crippen LogP contribution < -0.4 is 5.73 Å². The summed E-state index contributed by atoms with van der Waals surface area (Å²) in [6.07, 6.45) is 2.43. The van der Waals surface area contributed by atoms with Gasteiger partial charge in [0.15, 0.2) is 0 Å². The molecule has 0 spiro atoms. The van der Waals surface area contributed by atoms with Gasteiger partial charge >= 0.3 is 0 Å². The molecule has 0 radical (unpaired) electrons. The molecule has 1 rings (SSSR count). The molecule has 2 unspecified atom stereocenters. The summed E-state index contributed by atoms with van der Waals surface area (Å²) >= 11 is 0. The van der Waals surface area contributed by atoms with Crippen LogP contribution in [-0.4, -0.2) is 24.5 Å². The van der Waals surface area contributed by atoms with E-state index in [1.54, 1.807) is 0 Å². The van der Waals surface area contributed by atoms with Crippen molar-refractivity contribution >= 4 is 0 Å². The van der Waals surface area contributed by atoms with Crippen LogP contribution in [-0.2, 0) is 5.41 Å². The molecular weight excluding hydrogens is 244 g/mol. The van der Waals surface area contributed by atoms with Gasteiger partial charge in [0.25, 0.3) is 0 Å². The normalized spacial score (nSPS) is 15.4. The van der Waals surface area contributed by atoms with Crippen molar-refractivity contribution in [1.82, 2.24) is 4.90 Å². The fourth-order valence-corrected chi connectivity index (χ4v) is 2.67. The van der Waals surface area contributed by atoms with E-state index in [2.05, 4.69) is 70.8 Å². The number of benzene rings is 1. The summed E-state index contributed by atoms with van der Waals surface area (Å²) in [5, 5.41) is 0. The lowest BCUT2D eigenvalue weighted by atomic mass is 9.86. The second-order valence-corrected chi connectivity index (χ2v) is 6.93. The Hall–Kier alpha value is -0.860. The molecule has 0 saturated heterocycles. The van der Waals surface area contributed by atoms with Crippen LogP contribution in [0.1, 0.15) is 64.6 Å². The van der Waals surface area contributed by atoms with Crippen LogP contribution in [0.3, 0.4) is 0 Å². The fourth-order valence-electron chi connectivity index (χ4n) is 2.67. The quantitative estimate of drug-likeness (QED) is 0.847. The lowest BCUT2D eigenvalue weighted by molar-refractivity contribution is 0.180. The van der Waals surface area contributed by atoms with Crippen molar-refractivity contribution in [3.8, 4) is 0 Å². The highest BCUT2D eigenvalue weighted by Crippen LogP contribution is 2.26. The zero-order chi connectivity index (χ0) is 15.3. The molecule has 2 nitrogen and oxygen atoms in total. The van der Waals surface area contributed by atoms with Crippen LogP contribution in [0.5, 0.6) is 0 Å². The van der Waals surface area contributed by atoms with Gasteiger partial charge in [0.1, 0.15) is 0 Å². The molecule has 1 aromatic carbocycles. The van der Waals surface area contributed by atoms with E-state index in [4.69, 9.17) is 5.73 Å². The summed E-state index contributed by atoms with van der Waals surface area (Å²) in [5.74, 6) is 0. The monoisotopic (exact) mass is 276 g/mol. The Bertz CT molecular complexity index is 389. The first-order valence-electron chi connectivity index (χ1n) is 7.83. The SMILES string of the molecule is CCCC(C)N(C)C(CN)c1ccc(C(C)(C)C)cc1. The van der Waals surface area contributed by atoms with Gasteiger partial charge in [0, 0.05) is 18.6 Å². The molecule has 0 aromatic heterocycles. The summed E-state index contributed by atoms with van der Waals surface area (Å²) in [4.78, 5) is 2.41. The lowest BCUT2D eigenvalue weighted by Gasteiger charge is -2.33. The maximum Gasteiger partial charge on any atom is 0.0470 e. The number of hydrogen-bond donors (Lipinski definition) is 1. The Balaban J connectivity index is 2.90. The lowest BCUT2D eigenvalue weighted by Crippen LogP contribution is -2.37. The van der Waals surface area contributed by atoms with Crippen LogP contribution in [0.15, 0.2) is 24.3 Å². The van der Waals surface area contributed by atoms with E-state index < -0.39 is 0 Å². The third-order valence-electron chi connectivity index (χ3n) is 4.28. The molecular formula is C18H32N2. The minimum Gasteiger partial charge on any atom is -0.329 e. The van der Waals surface area contributed by atoms with Gasteiger partial charge in [-0.1, -0.05) is 58.4 Å². The first-order valence-corrected chi connectivity index (χ1v) is 7.83. The Morgan fingerprint density at radius 1 is 1.15 bits per heavy atom. The minimum atomic E-state index is 0.206. The predicted molar refractivity (Wildman–Crippen MR) is 89.1 cm³/mol. The van der Waals surface area contributed by atoms with E-state index in [1.165, 1.54) is 24.0 Å². The van der Waals surface area contributed by atoms with Gasteiger partial charge in [0.2, 0.25) is 0 Å². The standard InChI is InChI=1S/C18H32N2/c1-7-8-14(2)20(6)17(13-19)15-9-11-16(12-10-15)18(3,4)5/h9-12,14,17H,7-8,13,19H2,1-6H3. The van der Waals surface area contributed by atoms with Gasteiger partial charge in [-0.2, -0.15) is 0 Å². The molecule has 2 N–H and O–H groups in total. The van der Waals surface area contributed by atoms with Gasteiger partial charge < -0.3 is 5.73 Å². The summed E-state index contributed by atoms with van der Waals surface area (Å²) in [7, 11) is 2.19. The smallest absolute Gasteiger partial charge is 0.0470 e. The highest BCUT2D eigenvalue weighted by molar-refractivity contribution is 5.29.